The molecule has 0 saturated carbocycles. The third-order valence-corrected chi connectivity index (χ3v) is 4.01. The van der Waals surface area contributed by atoms with E-state index in [1.54, 1.807) is 13.2 Å². The SMILES string of the molecule is COc1cc(Cl)cc(CN2CCCC2CN(C)C)c1O. The third-order valence-electron chi connectivity index (χ3n) is 3.79. The van der Waals surface area contributed by atoms with E-state index in [0.717, 1.165) is 18.7 Å². The Morgan fingerprint density at radius 1 is 1.45 bits per heavy atom. The molecule has 5 heteroatoms. The van der Waals surface area contributed by atoms with Crippen molar-refractivity contribution >= 4 is 11.6 Å². The number of rotatable bonds is 5. The van der Waals surface area contributed by atoms with Crippen molar-refractivity contribution in [1.29, 1.82) is 0 Å². The number of likely N-dealkylation sites (tertiary alicyclic amines) is 1. The number of hydrogen-bond acceptors (Lipinski definition) is 4. The fraction of sp³-hybridized carbons (Fsp3) is 0.600. The lowest BCUT2D eigenvalue weighted by molar-refractivity contribution is 0.199. The summed E-state index contributed by atoms with van der Waals surface area (Å²) in [7, 11) is 5.73. The van der Waals surface area contributed by atoms with Gasteiger partial charge >= 0.3 is 0 Å². The summed E-state index contributed by atoms with van der Waals surface area (Å²) in [4.78, 5) is 4.62. The predicted octanol–water partition coefficient (Wildman–Crippen LogP) is 2.58. The molecule has 112 valence electrons. The lowest BCUT2D eigenvalue weighted by Crippen LogP contribution is -2.37. The minimum Gasteiger partial charge on any atom is -0.504 e. The van der Waals surface area contributed by atoms with Crippen molar-refractivity contribution in [3.63, 3.8) is 0 Å². The summed E-state index contributed by atoms with van der Waals surface area (Å²) in [5, 5.41) is 10.8. The van der Waals surface area contributed by atoms with Gasteiger partial charge in [-0.05, 0) is 39.5 Å². The van der Waals surface area contributed by atoms with E-state index in [0.29, 0.717) is 23.4 Å². The van der Waals surface area contributed by atoms with Crippen LogP contribution in [0.2, 0.25) is 5.02 Å². The number of phenolic OH excluding ortho intramolecular Hbond substituents is 1. The van der Waals surface area contributed by atoms with Crippen LogP contribution in [0.1, 0.15) is 18.4 Å². The average Bonchev–Trinajstić information content (AvgIpc) is 2.80. The van der Waals surface area contributed by atoms with Gasteiger partial charge in [0.1, 0.15) is 0 Å². The smallest absolute Gasteiger partial charge is 0.162 e. The molecule has 1 heterocycles. The Balaban J connectivity index is 2.15. The number of likely N-dealkylation sites (N-methyl/N-ethyl adjacent to an activating group) is 1. The van der Waals surface area contributed by atoms with Gasteiger partial charge in [-0.2, -0.15) is 0 Å². The van der Waals surface area contributed by atoms with Crippen LogP contribution in [0.5, 0.6) is 11.5 Å². The van der Waals surface area contributed by atoms with Gasteiger partial charge in [-0.25, -0.2) is 0 Å². The zero-order chi connectivity index (χ0) is 14.7. The second kappa shape index (κ2) is 6.66. The van der Waals surface area contributed by atoms with E-state index in [4.69, 9.17) is 16.3 Å². The zero-order valence-corrected chi connectivity index (χ0v) is 13.2. The minimum absolute atomic E-state index is 0.201. The molecule has 1 unspecified atom stereocenters. The van der Waals surface area contributed by atoms with Crippen LogP contribution >= 0.6 is 11.6 Å². The molecule has 0 bridgehead atoms. The molecule has 1 aliphatic rings. The lowest BCUT2D eigenvalue weighted by atomic mass is 10.1. The third kappa shape index (κ3) is 3.57. The first-order valence-electron chi connectivity index (χ1n) is 6.95. The first kappa shape index (κ1) is 15.4. The summed E-state index contributed by atoms with van der Waals surface area (Å²) >= 11 is 6.09. The first-order chi connectivity index (χ1) is 9.51. The summed E-state index contributed by atoms with van der Waals surface area (Å²) < 4.78 is 5.16. The summed E-state index contributed by atoms with van der Waals surface area (Å²) in [5.74, 6) is 0.642. The second-order valence-corrected chi connectivity index (χ2v) is 6.08. The van der Waals surface area contributed by atoms with E-state index in [-0.39, 0.29) is 5.75 Å². The number of halogens is 1. The highest BCUT2D eigenvalue weighted by Gasteiger charge is 2.26. The van der Waals surface area contributed by atoms with Gasteiger partial charge in [0.15, 0.2) is 11.5 Å². The van der Waals surface area contributed by atoms with Crippen LogP contribution in [0.25, 0.3) is 0 Å². The quantitative estimate of drug-likeness (QED) is 0.906. The Hall–Kier alpha value is -0.970. The van der Waals surface area contributed by atoms with E-state index in [1.165, 1.54) is 12.8 Å². The molecule has 1 aromatic rings. The monoisotopic (exact) mass is 298 g/mol. The molecule has 0 aliphatic carbocycles. The van der Waals surface area contributed by atoms with Gasteiger partial charge in [0.05, 0.1) is 7.11 Å². The standard InChI is InChI=1S/C15H23ClN2O2/c1-17(2)10-13-5-4-6-18(13)9-11-7-12(16)8-14(20-3)15(11)19/h7-8,13,19H,4-6,9-10H2,1-3H3. The van der Waals surface area contributed by atoms with Crippen molar-refractivity contribution in [2.75, 3.05) is 34.3 Å². The number of aromatic hydroxyl groups is 1. The van der Waals surface area contributed by atoms with Crippen LogP contribution < -0.4 is 4.74 Å². The van der Waals surface area contributed by atoms with E-state index in [9.17, 15) is 5.11 Å². The molecule has 1 atom stereocenters. The Morgan fingerprint density at radius 3 is 2.85 bits per heavy atom. The maximum atomic E-state index is 10.2. The van der Waals surface area contributed by atoms with Gasteiger partial charge < -0.3 is 14.7 Å². The molecule has 1 N–H and O–H groups in total. The molecule has 20 heavy (non-hydrogen) atoms. The van der Waals surface area contributed by atoms with Gasteiger partial charge in [-0.1, -0.05) is 11.6 Å². The number of nitrogens with zero attached hydrogens (tertiary/aromatic N) is 2. The molecule has 1 aromatic carbocycles. The molecule has 0 aromatic heterocycles. The van der Waals surface area contributed by atoms with Crippen molar-refractivity contribution < 1.29 is 9.84 Å². The molecule has 2 rings (SSSR count). The number of ether oxygens (including phenoxy) is 1. The first-order valence-corrected chi connectivity index (χ1v) is 7.33. The summed E-state index contributed by atoms with van der Waals surface area (Å²) in [6, 6.07) is 4.00. The van der Waals surface area contributed by atoms with Crippen molar-refractivity contribution in [3.05, 3.63) is 22.7 Å². The topological polar surface area (TPSA) is 35.9 Å². The largest absolute Gasteiger partial charge is 0.504 e. The highest BCUT2D eigenvalue weighted by molar-refractivity contribution is 6.30. The maximum Gasteiger partial charge on any atom is 0.162 e. The molecule has 4 nitrogen and oxygen atoms in total. The fourth-order valence-corrected chi connectivity index (χ4v) is 3.09. The van der Waals surface area contributed by atoms with Gasteiger partial charge in [0, 0.05) is 35.8 Å². The van der Waals surface area contributed by atoms with Gasteiger partial charge in [-0.3, -0.25) is 4.90 Å². The Bertz CT molecular complexity index is 465. The predicted molar refractivity (Wildman–Crippen MR) is 81.7 cm³/mol. The summed E-state index contributed by atoms with van der Waals surface area (Å²) in [5.41, 5.74) is 0.833. The van der Waals surface area contributed by atoms with Crippen LogP contribution in [0.3, 0.4) is 0 Å². The molecular weight excluding hydrogens is 276 g/mol. The summed E-state index contributed by atoms with van der Waals surface area (Å²) in [6.07, 6.45) is 2.41. The molecule has 0 amide bonds. The van der Waals surface area contributed by atoms with Crippen LogP contribution in [0, 0.1) is 0 Å². The van der Waals surface area contributed by atoms with Gasteiger partial charge in [-0.15, -0.1) is 0 Å². The van der Waals surface area contributed by atoms with Crippen LogP contribution in [0.15, 0.2) is 12.1 Å². The van der Waals surface area contributed by atoms with Crippen molar-refractivity contribution in [3.8, 4) is 11.5 Å². The highest BCUT2D eigenvalue weighted by Crippen LogP contribution is 2.35. The van der Waals surface area contributed by atoms with Gasteiger partial charge in [0.2, 0.25) is 0 Å². The summed E-state index contributed by atoms with van der Waals surface area (Å²) in [6.45, 7) is 2.81. The molecule has 1 aliphatic heterocycles. The van der Waals surface area contributed by atoms with Crippen LogP contribution in [-0.2, 0) is 6.54 Å². The Morgan fingerprint density at radius 2 is 2.20 bits per heavy atom. The van der Waals surface area contributed by atoms with Crippen LogP contribution in [-0.4, -0.2) is 55.2 Å². The van der Waals surface area contributed by atoms with E-state index < -0.39 is 0 Å². The Labute approximate surface area is 125 Å². The molecular formula is C15H23ClN2O2. The molecule has 1 saturated heterocycles. The second-order valence-electron chi connectivity index (χ2n) is 5.64. The maximum absolute atomic E-state index is 10.2. The fourth-order valence-electron chi connectivity index (χ4n) is 2.85. The van der Waals surface area contributed by atoms with Crippen molar-refractivity contribution in [1.82, 2.24) is 9.80 Å². The molecule has 0 radical (unpaired) electrons. The molecule has 1 fully saturated rings. The van der Waals surface area contributed by atoms with Crippen LogP contribution in [0.4, 0.5) is 0 Å². The average molecular weight is 299 g/mol. The molecule has 0 spiro atoms. The van der Waals surface area contributed by atoms with E-state index in [2.05, 4.69) is 23.9 Å². The lowest BCUT2D eigenvalue weighted by Gasteiger charge is -2.27. The number of hydrogen-bond donors (Lipinski definition) is 1. The van der Waals surface area contributed by atoms with Crippen molar-refractivity contribution in [2.24, 2.45) is 0 Å². The number of benzene rings is 1. The number of methoxy groups -OCH3 is 1. The highest BCUT2D eigenvalue weighted by atomic mass is 35.5. The zero-order valence-electron chi connectivity index (χ0n) is 12.4. The minimum atomic E-state index is 0.201. The normalized spacial score (nSPS) is 19.8. The Kier molecular flexibility index (Phi) is 5.13. The van der Waals surface area contributed by atoms with Crippen molar-refractivity contribution in [2.45, 2.75) is 25.4 Å². The number of phenols is 1. The van der Waals surface area contributed by atoms with E-state index >= 15 is 0 Å². The van der Waals surface area contributed by atoms with E-state index in [1.807, 2.05) is 6.07 Å². The van der Waals surface area contributed by atoms with Gasteiger partial charge in [0.25, 0.3) is 0 Å².